The quantitative estimate of drug-likeness (QED) is 0.606. The van der Waals surface area contributed by atoms with Gasteiger partial charge in [-0.05, 0) is 38.8 Å². The number of benzene rings is 1. The average molecular weight is 344 g/mol. The minimum absolute atomic E-state index is 0.131. The molecule has 2 heterocycles. The van der Waals surface area contributed by atoms with E-state index in [-0.39, 0.29) is 11.2 Å². The molecule has 22 heavy (non-hydrogen) atoms. The summed E-state index contributed by atoms with van der Waals surface area (Å²) in [5, 5.41) is 0. The normalized spacial score (nSPS) is 24.1. The lowest BCUT2D eigenvalue weighted by Gasteiger charge is -2.29. The van der Waals surface area contributed by atoms with E-state index in [0.717, 1.165) is 0 Å². The third-order valence-corrected chi connectivity index (χ3v) is 6.50. The van der Waals surface area contributed by atoms with Crippen molar-refractivity contribution in [2.45, 2.75) is 52.1 Å². The second-order valence-corrected chi connectivity index (χ2v) is 9.04. The van der Waals surface area contributed by atoms with Gasteiger partial charge in [-0.3, -0.25) is 0 Å². The maximum atomic E-state index is 5.61. The Morgan fingerprint density at radius 3 is 1.50 bits per heavy atom. The maximum Gasteiger partial charge on any atom is 0.168 e. The highest BCUT2D eigenvalue weighted by atomic mass is 31.2. The van der Waals surface area contributed by atoms with E-state index in [9.17, 15) is 0 Å². The molecule has 0 unspecified atom stereocenters. The minimum atomic E-state index is -0.665. The van der Waals surface area contributed by atoms with E-state index in [1.54, 1.807) is 0 Å². The zero-order chi connectivity index (χ0) is 16.4. The summed E-state index contributed by atoms with van der Waals surface area (Å²) >= 11 is 0. The topological polar surface area (TPSA) is 36.9 Å². The average Bonchev–Trinajstić information content (AvgIpc) is 2.56. The van der Waals surface area contributed by atoms with Crippen LogP contribution in [0.4, 0.5) is 0 Å². The molecule has 0 N–H and O–H groups in total. The molecule has 6 heteroatoms. The van der Waals surface area contributed by atoms with Crippen LogP contribution in [0.1, 0.15) is 38.8 Å². The van der Waals surface area contributed by atoms with Crippen LogP contribution in [-0.2, 0) is 31.3 Å². The van der Waals surface area contributed by atoms with Crippen molar-refractivity contribution < 1.29 is 18.1 Å². The van der Waals surface area contributed by atoms with Crippen LogP contribution in [-0.4, -0.2) is 24.5 Å². The SMILES string of the molecule is CP1OC(C)(C)C(C)(C)O1.CP1OCc2ccccc2CO1. The Hall–Kier alpha value is -0.0800. The van der Waals surface area contributed by atoms with Crippen LogP contribution >= 0.6 is 16.8 Å². The predicted octanol–water partition coefficient (Wildman–Crippen LogP) is 5.21. The summed E-state index contributed by atoms with van der Waals surface area (Å²) < 4.78 is 22.2. The maximum absolute atomic E-state index is 5.61. The second-order valence-electron chi connectivity index (χ2n) is 6.40. The Balaban J connectivity index is 0.000000164. The molecule has 0 atom stereocenters. The van der Waals surface area contributed by atoms with Crippen molar-refractivity contribution in [1.29, 1.82) is 0 Å². The van der Waals surface area contributed by atoms with Gasteiger partial charge < -0.3 is 18.1 Å². The molecule has 1 saturated heterocycles. The van der Waals surface area contributed by atoms with Gasteiger partial charge in [-0.15, -0.1) is 0 Å². The molecule has 2 aliphatic rings. The van der Waals surface area contributed by atoms with Crippen molar-refractivity contribution in [3.05, 3.63) is 35.4 Å². The van der Waals surface area contributed by atoms with Crippen LogP contribution in [0.5, 0.6) is 0 Å². The largest absolute Gasteiger partial charge is 0.329 e. The highest BCUT2D eigenvalue weighted by Gasteiger charge is 2.48. The van der Waals surface area contributed by atoms with Crippen molar-refractivity contribution in [1.82, 2.24) is 0 Å². The van der Waals surface area contributed by atoms with Gasteiger partial charge in [-0.2, -0.15) is 0 Å². The molecule has 0 spiro atoms. The molecule has 1 aromatic carbocycles. The zero-order valence-electron chi connectivity index (χ0n) is 14.3. The lowest BCUT2D eigenvalue weighted by molar-refractivity contribution is 0.00578. The molecule has 0 saturated carbocycles. The monoisotopic (exact) mass is 344 g/mol. The summed E-state index contributed by atoms with van der Waals surface area (Å²) in [6.45, 7) is 13.6. The predicted molar refractivity (Wildman–Crippen MR) is 92.0 cm³/mol. The number of hydrogen-bond acceptors (Lipinski definition) is 4. The first-order valence-electron chi connectivity index (χ1n) is 7.39. The van der Waals surface area contributed by atoms with Gasteiger partial charge in [-0.1, -0.05) is 24.3 Å². The molecular formula is C16H26O4P2. The third kappa shape index (κ3) is 4.47. The summed E-state index contributed by atoms with van der Waals surface area (Å²) in [6.07, 6.45) is 0. The number of hydrogen-bond donors (Lipinski definition) is 0. The van der Waals surface area contributed by atoms with E-state index in [1.807, 2.05) is 25.5 Å². The van der Waals surface area contributed by atoms with Gasteiger partial charge in [0.1, 0.15) is 0 Å². The highest BCUT2D eigenvalue weighted by Crippen LogP contribution is 2.55. The van der Waals surface area contributed by atoms with Crippen LogP contribution in [0.15, 0.2) is 24.3 Å². The molecule has 0 radical (unpaired) electrons. The van der Waals surface area contributed by atoms with E-state index in [4.69, 9.17) is 18.1 Å². The Kier molecular flexibility index (Phi) is 5.99. The van der Waals surface area contributed by atoms with Crippen LogP contribution in [0.2, 0.25) is 0 Å². The molecule has 0 amide bonds. The molecule has 0 aromatic heterocycles. The minimum Gasteiger partial charge on any atom is -0.329 e. The Morgan fingerprint density at radius 2 is 1.18 bits per heavy atom. The number of rotatable bonds is 0. The molecule has 3 rings (SSSR count). The summed E-state index contributed by atoms with van der Waals surface area (Å²) in [5.74, 6) is 0. The van der Waals surface area contributed by atoms with Crippen LogP contribution in [0.25, 0.3) is 0 Å². The third-order valence-electron chi connectivity index (χ3n) is 4.09. The van der Waals surface area contributed by atoms with Gasteiger partial charge in [0, 0.05) is 13.3 Å². The Labute approximate surface area is 136 Å². The van der Waals surface area contributed by atoms with Gasteiger partial charge in [-0.25, -0.2) is 0 Å². The highest BCUT2D eigenvalue weighted by molar-refractivity contribution is 7.46. The van der Waals surface area contributed by atoms with Crippen molar-refractivity contribution in [2.75, 3.05) is 13.3 Å². The molecule has 0 bridgehead atoms. The molecule has 4 nitrogen and oxygen atoms in total. The first kappa shape index (κ1) is 18.3. The van der Waals surface area contributed by atoms with Crippen LogP contribution in [0.3, 0.4) is 0 Å². The summed E-state index contributed by atoms with van der Waals surface area (Å²) in [7, 11) is -1.31. The zero-order valence-corrected chi connectivity index (χ0v) is 16.0. The molecule has 0 aliphatic carbocycles. The Morgan fingerprint density at radius 1 is 0.773 bits per heavy atom. The van der Waals surface area contributed by atoms with Crippen molar-refractivity contribution in [3.8, 4) is 0 Å². The molecule has 2 aliphatic heterocycles. The summed E-state index contributed by atoms with van der Waals surface area (Å²) in [5.41, 5.74) is 2.25. The fraction of sp³-hybridized carbons (Fsp3) is 0.625. The van der Waals surface area contributed by atoms with Gasteiger partial charge in [0.25, 0.3) is 0 Å². The summed E-state index contributed by atoms with van der Waals surface area (Å²) in [4.78, 5) is 0. The van der Waals surface area contributed by atoms with Crippen molar-refractivity contribution >= 4 is 16.8 Å². The van der Waals surface area contributed by atoms with Gasteiger partial charge in [0.05, 0.1) is 24.4 Å². The first-order valence-corrected chi connectivity index (χ1v) is 10.6. The van der Waals surface area contributed by atoms with Crippen molar-refractivity contribution in [3.63, 3.8) is 0 Å². The molecule has 124 valence electrons. The molecule has 1 aromatic rings. The lowest BCUT2D eigenvalue weighted by atomic mass is 9.90. The van der Waals surface area contributed by atoms with Gasteiger partial charge in [0.15, 0.2) is 16.8 Å². The van der Waals surface area contributed by atoms with Crippen LogP contribution in [0, 0.1) is 0 Å². The van der Waals surface area contributed by atoms with Gasteiger partial charge >= 0.3 is 0 Å². The van der Waals surface area contributed by atoms with E-state index in [2.05, 4.69) is 39.8 Å². The van der Waals surface area contributed by atoms with Crippen LogP contribution < -0.4 is 0 Å². The fourth-order valence-corrected chi connectivity index (χ4v) is 4.56. The van der Waals surface area contributed by atoms with E-state index < -0.39 is 16.8 Å². The Bertz CT molecular complexity index is 462. The van der Waals surface area contributed by atoms with Gasteiger partial charge in [0.2, 0.25) is 0 Å². The second kappa shape index (κ2) is 7.21. The van der Waals surface area contributed by atoms with E-state index >= 15 is 0 Å². The molecular weight excluding hydrogens is 318 g/mol. The first-order chi connectivity index (χ1) is 10.2. The van der Waals surface area contributed by atoms with Crippen molar-refractivity contribution in [2.24, 2.45) is 0 Å². The fourth-order valence-electron chi connectivity index (χ4n) is 2.08. The lowest BCUT2D eigenvalue weighted by Crippen LogP contribution is -2.41. The molecule has 1 fully saturated rings. The standard InChI is InChI=1S/C9H11O2P.C7H15O2P/c1-12-10-6-8-4-2-3-5-9(8)7-11-12;1-6(2)7(3,4)9-10(5)8-6/h2-5H,6-7H2,1H3;1-5H3. The van der Waals surface area contributed by atoms with E-state index in [0.29, 0.717) is 13.2 Å². The summed E-state index contributed by atoms with van der Waals surface area (Å²) in [6, 6.07) is 8.25. The number of fused-ring (bicyclic) bond motifs is 1. The smallest absolute Gasteiger partial charge is 0.168 e. The van der Waals surface area contributed by atoms with E-state index in [1.165, 1.54) is 11.1 Å².